The van der Waals surface area contributed by atoms with Crippen LogP contribution in [-0.2, 0) is 4.74 Å². The van der Waals surface area contributed by atoms with Crippen molar-refractivity contribution in [1.29, 1.82) is 0 Å². The number of nitrogens with zero attached hydrogens (tertiary/aromatic N) is 3. The quantitative estimate of drug-likeness (QED) is 0.720. The van der Waals surface area contributed by atoms with Crippen molar-refractivity contribution in [2.24, 2.45) is 0 Å². The van der Waals surface area contributed by atoms with E-state index in [4.69, 9.17) is 9.47 Å². The first-order valence-corrected chi connectivity index (χ1v) is 6.65. The number of ether oxygens (including phenoxy) is 2. The van der Waals surface area contributed by atoms with E-state index in [1.54, 1.807) is 20.4 Å². The lowest BCUT2D eigenvalue weighted by Gasteiger charge is -2.08. The highest BCUT2D eigenvalue weighted by atomic mass is 16.5. The SMILES string of the molecule is COCCCNc1cnnc(Nc2cccc(OC)c2)n1. The Bertz CT molecular complexity index is 565. The molecule has 7 heteroatoms. The fourth-order valence-electron chi connectivity index (χ4n) is 1.70. The van der Waals surface area contributed by atoms with Crippen LogP contribution < -0.4 is 15.4 Å². The summed E-state index contributed by atoms with van der Waals surface area (Å²) >= 11 is 0. The summed E-state index contributed by atoms with van der Waals surface area (Å²) in [5, 5.41) is 14.1. The molecule has 7 nitrogen and oxygen atoms in total. The Morgan fingerprint density at radius 3 is 2.95 bits per heavy atom. The normalized spacial score (nSPS) is 10.2. The summed E-state index contributed by atoms with van der Waals surface area (Å²) in [6.45, 7) is 1.48. The number of nitrogens with one attached hydrogen (secondary N) is 2. The number of rotatable bonds is 8. The molecule has 0 radical (unpaired) electrons. The number of aromatic nitrogens is 3. The van der Waals surface area contributed by atoms with Crippen molar-refractivity contribution in [1.82, 2.24) is 15.2 Å². The van der Waals surface area contributed by atoms with Crippen molar-refractivity contribution in [2.45, 2.75) is 6.42 Å². The van der Waals surface area contributed by atoms with Crippen LogP contribution in [0.15, 0.2) is 30.5 Å². The molecule has 0 aliphatic carbocycles. The maximum Gasteiger partial charge on any atom is 0.249 e. The fourth-order valence-corrected chi connectivity index (χ4v) is 1.70. The Labute approximate surface area is 123 Å². The van der Waals surface area contributed by atoms with E-state index in [2.05, 4.69) is 25.8 Å². The Hall–Kier alpha value is -2.41. The third kappa shape index (κ3) is 4.88. The van der Waals surface area contributed by atoms with Crippen LogP contribution in [0.25, 0.3) is 0 Å². The van der Waals surface area contributed by atoms with Gasteiger partial charge in [0.05, 0.1) is 13.3 Å². The summed E-state index contributed by atoms with van der Waals surface area (Å²) in [5.41, 5.74) is 0.840. The van der Waals surface area contributed by atoms with Crippen molar-refractivity contribution in [3.8, 4) is 5.75 Å². The number of anilines is 3. The zero-order chi connectivity index (χ0) is 14.9. The maximum atomic E-state index is 5.17. The molecule has 0 saturated heterocycles. The van der Waals surface area contributed by atoms with Crippen LogP contribution in [0.2, 0.25) is 0 Å². The molecule has 1 aromatic carbocycles. The van der Waals surface area contributed by atoms with Gasteiger partial charge in [-0.2, -0.15) is 10.1 Å². The van der Waals surface area contributed by atoms with Crippen molar-refractivity contribution in [3.63, 3.8) is 0 Å². The van der Waals surface area contributed by atoms with Crippen LogP contribution in [0.1, 0.15) is 6.42 Å². The van der Waals surface area contributed by atoms with E-state index in [1.807, 2.05) is 24.3 Å². The molecule has 0 fully saturated rings. The number of hydrogen-bond acceptors (Lipinski definition) is 7. The highest BCUT2D eigenvalue weighted by Gasteiger charge is 2.02. The van der Waals surface area contributed by atoms with Crippen LogP contribution in [0.5, 0.6) is 5.75 Å². The predicted molar refractivity (Wildman–Crippen MR) is 81.1 cm³/mol. The van der Waals surface area contributed by atoms with Gasteiger partial charge in [-0.1, -0.05) is 6.07 Å². The minimum absolute atomic E-state index is 0.431. The average molecular weight is 289 g/mol. The fraction of sp³-hybridized carbons (Fsp3) is 0.357. The lowest BCUT2D eigenvalue weighted by atomic mass is 10.3. The van der Waals surface area contributed by atoms with Gasteiger partial charge >= 0.3 is 0 Å². The van der Waals surface area contributed by atoms with Gasteiger partial charge in [0.1, 0.15) is 5.75 Å². The molecule has 1 aromatic heterocycles. The Morgan fingerprint density at radius 1 is 1.24 bits per heavy atom. The third-order valence-corrected chi connectivity index (χ3v) is 2.72. The molecule has 2 N–H and O–H groups in total. The number of methoxy groups -OCH3 is 2. The van der Waals surface area contributed by atoms with Crippen molar-refractivity contribution in [3.05, 3.63) is 30.5 Å². The Morgan fingerprint density at radius 2 is 2.14 bits per heavy atom. The molecule has 0 saturated carbocycles. The van der Waals surface area contributed by atoms with Gasteiger partial charge < -0.3 is 20.1 Å². The minimum atomic E-state index is 0.431. The number of hydrogen-bond donors (Lipinski definition) is 2. The standard InChI is InChI=1S/C14H19N5O2/c1-20-8-4-7-15-13-10-16-19-14(18-13)17-11-5-3-6-12(9-11)21-2/h3,5-6,9-10H,4,7-8H2,1-2H3,(H2,15,17,18,19). The molecule has 0 unspecified atom stereocenters. The smallest absolute Gasteiger partial charge is 0.249 e. The lowest BCUT2D eigenvalue weighted by molar-refractivity contribution is 0.197. The van der Waals surface area contributed by atoms with E-state index in [0.717, 1.165) is 24.4 Å². The molecule has 1 heterocycles. The molecule has 0 aliphatic rings. The van der Waals surface area contributed by atoms with Gasteiger partial charge in [-0.3, -0.25) is 0 Å². The van der Waals surface area contributed by atoms with Gasteiger partial charge in [0.25, 0.3) is 0 Å². The first-order valence-electron chi connectivity index (χ1n) is 6.65. The van der Waals surface area contributed by atoms with E-state index in [0.29, 0.717) is 18.4 Å². The third-order valence-electron chi connectivity index (χ3n) is 2.72. The van der Waals surface area contributed by atoms with E-state index in [9.17, 15) is 0 Å². The van der Waals surface area contributed by atoms with Crippen LogP contribution in [0.3, 0.4) is 0 Å². The van der Waals surface area contributed by atoms with Crippen molar-refractivity contribution < 1.29 is 9.47 Å². The van der Waals surface area contributed by atoms with Crippen LogP contribution in [-0.4, -0.2) is 42.6 Å². The van der Waals surface area contributed by atoms with Gasteiger partial charge in [-0.25, -0.2) is 0 Å². The summed E-state index contributed by atoms with van der Waals surface area (Å²) in [7, 11) is 3.31. The molecular weight excluding hydrogens is 270 g/mol. The van der Waals surface area contributed by atoms with Crippen molar-refractivity contribution >= 4 is 17.5 Å². The zero-order valence-corrected chi connectivity index (χ0v) is 12.2. The van der Waals surface area contributed by atoms with E-state index in [-0.39, 0.29) is 0 Å². The van der Waals surface area contributed by atoms with Crippen LogP contribution >= 0.6 is 0 Å². The first kappa shape index (κ1) is 15.0. The zero-order valence-electron chi connectivity index (χ0n) is 12.2. The first-order chi connectivity index (χ1) is 10.3. The van der Waals surface area contributed by atoms with Gasteiger partial charge in [-0.15, -0.1) is 5.10 Å². The van der Waals surface area contributed by atoms with Crippen LogP contribution in [0, 0.1) is 0 Å². The molecule has 0 atom stereocenters. The molecule has 0 amide bonds. The summed E-state index contributed by atoms with van der Waals surface area (Å²) in [6.07, 6.45) is 2.49. The average Bonchev–Trinajstić information content (AvgIpc) is 2.52. The Kier molecular flexibility index (Phi) is 5.71. The molecule has 0 spiro atoms. The van der Waals surface area contributed by atoms with Gasteiger partial charge in [0.2, 0.25) is 5.95 Å². The van der Waals surface area contributed by atoms with Gasteiger partial charge in [0.15, 0.2) is 5.82 Å². The second kappa shape index (κ2) is 8.01. The van der Waals surface area contributed by atoms with E-state index >= 15 is 0 Å². The molecular formula is C14H19N5O2. The van der Waals surface area contributed by atoms with Gasteiger partial charge in [0, 0.05) is 32.0 Å². The van der Waals surface area contributed by atoms with E-state index < -0.39 is 0 Å². The molecule has 0 aliphatic heterocycles. The lowest BCUT2D eigenvalue weighted by Crippen LogP contribution is -2.08. The Balaban J connectivity index is 1.96. The second-order valence-electron chi connectivity index (χ2n) is 4.30. The monoisotopic (exact) mass is 289 g/mol. The molecule has 2 aromatic rings. The highest BCUT2D eigenvalue weighted by Crippen LogP contribution is 2.19. The van der Waals surface area contributed by atoms with Crippen molar-refractivity contribution in [2.75, 3.05) is 38.0 Å². The summed E-state index contributed by atoms with van der Waals surface area (Å²) in [5.74, 6) is 1.87. The predicted octanol–water partition coefficient (Wildman–Crippen LogP) is 2.07. The van der Waals surface area contributed by atoms with Crippen LogP contribution in [0.4, 0.5) is 17.5 Å². The minimum Gasteiger partial charge on any atom is -0.497 e. The van der Waals surface area contributed by atoms with E-state index in [1.165, 1.54) is 0 Å². The second-order valence-corrected chi connectivity index (χ2v) is 4.30. The largest absolute Gasteiger partial charge is 0.497 e. The molecule has 21 heavy (non-hydrogen) atoms. The van der Waals surface area contributed by atoms with Gasteiger partial charge in [-0.05, 0) is 18.6 Å². The summed E-state index contributed by atoms with van der Waals surface area (Å²) < 4.78 is 10.2. The summed E-state index contributed by atoms with van der Waals surface area (Å²) in [6, 6.07) is 7.53. The molecule has 0 bridgehead atoms. The molecule has 112 valence electrons. The number of benzene rings is 1. The molecule has 2 rings (SSSR count). The highest BCUT2D eigenvalue weighted by molar-refractivity contribution is 5.56. The summed E-state index contributed by atoms with van der Waals surface area (Å²) in [4.78, 5) is 4.34. The topological polar surface area (TPSA) is 81.2 Å². The maximum absolute atomic E-state index is 5.17.